The number of rotatable bonds is 4. The van der Waals surface area contributed by atoms with E-state index in [0.717, 1.165) is 0 Å². The van der Waals surface area contributed by atoms with Crippen molar-refractivity contribution in [2.75, 3.05) is 6.54 Å². The van der Waals surface area contributed by atoms with Gasteiger partial charge in [-0.25, -0.2) is 4.31 Å². The molecule has 0 aromatic carbocycles. The molecule has 24 heavy (non-hydrogen) atoms. The van der Waals surface area contributed by atoms with Crippen LogP contribution in [0.5, 0.6) is 0 Å². The van der Waals surface area contributed by atoms with E-state index in [0.29, 0.717) is 0 Å². The van der Waals surface area contributed by atoms with Gasteiger partial charge in [-0.1, -0.05) is 18.2 Å². The zero-order valence-electron chi connectivity index (χ0n) is 13.0. The third kappa shape index (κ3) is 4.09. The molecule has 3 N–H and O–H groups in total. The molecule has 2 aliphatic carbocycles. The number of fused-ring (bicyclic) bond motifs is 1. The maximum Gasteiger partial charge on any atom is 0.362 e. The number of nitrogens with zero attached hydrogens (tertiary/aromatic N) is 1. The van der Waals surface area contributed by atoms with Crippen molar-refractivity contribution >= 4 is 28.0 Å². The highest BCUT2D eigenvalue weighted by Gasteiger charge is 2.53. The highest BCUT2D eigenvalue weighted by Crippen LogP contribution is 2.32. The van der Waals surface area contributed by atoms with E-state index in [1.807, 2.05) is 0 Å². The van der Waals surface area contributed by atoms with Gasteiger partial charge in [-0.15, -0.1) is 0 Å². The van der Waals surface area contributed by atoms with Gasteiger partial charge in [0, 0.05) is 20.4 Å². The minimum atomic E-state index is -4.70. The molecule has 130 valence electrons. The first kappa shape index (κ1) is 17.9. The van der Waals surface area contributed by atoms with Crippen molar-refractivity contribution in [1.29, 1.82) is 0 Å². The summed E-state index contributed by atoms with van der Waals surface area (Å²) in [6.07, 6.45) is 0. The minimum absolute atomic E-state index is 0.189. The molecule has 0 saturated carbocycles. The lowest BCUT2D eigenvalue weighted by Gasteiger charge is -2.44. The van der Waals surface area contributed by atoms with Gasteiger partial charge in [0.15, 0.2) is 0 Å². The Morgan fingerprint density at radius 2 is 1.79 bits per heavy atom. The van der Waals surface area contributed by atoms with Crippen molar-refractivity contribution in [3.05, 3.63) is 24.3 Å². The average Bonchev–Trinajstić information content (AvgIpc) is 3.05. The van der Waals surface area contributed by atoms with E-state index in [-0.39, 0.29) is 10.8 Å². The van der Waals surface area contributed by atoms with Gasteiger partial charge >= 0.3 is 10.3 Å². The second kappa shape index (κ2) is 6.57. The molecule has 9 nitrogen and oxygen atoms in total. The number of amides is 3. The predicted molar refractivity (Wildman–Crippen MR) is 83.9 cm³/mol. The summed E-state index contributed by atoms with van der Waals surface area (Å²) in [7, 11) is -4.70. The van der Waals surface area contributed by atoms with Crippen LogP contribution in [0.25, 0.3) is 11.1 Å². The van der Waals surface area contributed by atoms with Crippen molar-refractivity contribution in [2.24, 2.45) is 0 Å². The average molecular weight is 355 g/mol. The molecule has 1 aliphatic heterocycles. The van der Waals surface area contributed by atoms with Crippen LogP contribution in [0.2, 0.25) is 0 Å². The number of nitrogens with one attached hydrogen (secondary N) is 2. The second-order valence-electron chi connectivity index (χ2n) is 5.38. The van der Waals surface area contributed by atoms with E-state index < -0.39 is 40.1 Å². The fourth-order valence-corrected chi connectivity index (χ4v) is 3.18. The molecular formula is C14H17N3O6S. The smallest absolute Gasteiger partial charge is 0.354 e. The van der Waals surface area contributed by atoms with Crippen LogP contribution in [0.1, 0.15) is 13.8 Å². The highest BCUT2D eigenvalue weighted by atomic mass is 32.2. The first-order valence-electron chi connectivity index (χ1n) is 7.04. The Balaban J connectivity index is 0.000000282. The Bertz CT molecular complexity index is 774. The Morgan fingerprint density at radius 1 is 1.21 bits per heavy atom. The summed E-state index contributed by atoms with van der Waals surface area (Å²) in [6, 6.07) is 6.38. The van der Waals surface area contributed by atoms with Gasteiger partial charge in [0.25, 0.3) is 5.91 Å². The van der Waals surface area contributed by atoms with E-state index >= 15 is 0 Å². The van der Waals surface area contributed by atoms with Crippen molar-refractivity contribution in [2.45, 2.75) is 25.9 Å². The third-order valence-corrected chi connectivity index (χ3v) is 4.40. The van der Waals surface area contributed by atoms with Gasteiger partial charge in [0.05, 0.1) is 6.04 Å². The first-order valence-corrected chi connectivity index (χ1v) is 8.43. The third-order valence-electron chi connectivity index (χ3n) is 3.45. The molecule has 2 unspecified atom stereocenters. The number of hydrogen-bond acceptors (Lipinski definition) is 5. The molecule has 1 fully saturated rings. The zero-order valence-corrected chi connectivity index (χ0v) is 13.8. The van der Waals surface area contributed by atoms with Crippen LogP contribution in [0, 0.1) is 0 Å². The predicted octanol–water partition coefficient (Wildman–Crippen LogP) is -0.692. The van der Waals surface area contributed by atoms with Crippen LogP contribution in [0.15, 0.2) is 24.3 Å². The van der Waals surface area contributed by atoms with Crippen LogP contribution < -0.4 is 10.6 Å². The summed E-state index contributed by atoms with van der Waals surface area (Å²) in [5.41, 5.74) is 2.85. The summed E-state index contributed by atoms with van der Waals surface area (Å²) in [5, 5.41) is 4.56. The monoisotopic (exact) mass is 355 g/mol. The number of carbonyl (C=O) groups excluding carboxylic acids is 3. The summed E-state index contributed by atoms with van der Waals surface area (Å²) in [5.74, 6) is -1.88. The van der Waals surface area contributed by atoms with Gasteiger partial charge < -0.3 is 10.6 Å². The maximum absolute atomic E-state index is 11.5. The van der Waals surface area contributed by atoms with E-state index in [1.54, 1.807) is 0 Å². The van der Waals surface area contributed by atoms with E-state index in [2.05, 4.69) is 34.9 Å². The lowest BCUT2D eigenvalue weighted by Crippen LogP contribution is -2.74. The van der Waals surface area contributed by atoms with Crippen LogP contribution in [-0.2, 0) is 24.7 Å². The summed E-state index contributed by atoms with van der Waals surface area (Å²) in [6.45, 7) is 2.19. The number of carbonyl (C=O) groups is 3. The van der Waals surface area contributed by atoms with Crippen LogP contribution >= 0.6 is 0 Å². The van der Waals surface area contributed by atoms with Crippen molar-refractivity contribution in [3.8, 4) is 11.1 Å². The normalized spacial score (nSPS) is 20.3. The fourth-order valence-electron chi connectivity index (χ4n) is 2.30. The lowest BCUT2D eigenvalue weighted by atomic mass is 9.98. The molecule has 3 amide bonds. The molecular weight excluding hydrogens is 338 g/mol. The first-order chi connectivity index (χ1) is 11.1. The van der Waals surface area contributed by atoms with Crippen LogP contribution in [-0.4, -0.2) is 53.6 Å². The Hall–Kier alpha value is -2.46. The molecule has 0 aromatic heterocycles. The van der Waals surface area contributed by atoms with E-state index in [9.17, 15) is 22.8 Å². The molecule has 0 radical (unpaired) electrons. The van der Waals surface area contributed by atoms with Crippen LogP contribution in [0.3, 0.4) is 0 Å². The van der Waals surface area contributed by atoms with Gasteiger partial charge in [-0.05, 0) is 17.2 Å². The minimum Gasteiger partial charge on any atom is -0.354 e. The topological polar surface area (TPSA) is 133 Å². The molecule has 2 atom stereocenters. The Kier molecular flexibility index (Phi) is 4.90. The fraction of sp³-hybridized carbons (Fsp3) is 0.357. The lowest BCUT2D eigenvalue weighted by molar-refractivity contribution is -0.145. The maximum atomic E-state index is 11.5. The van der Waals surface area contributed by atoms with Gasteiger partial charge in [-0.2, -0.15) is 8.42 Å². The molecule has 0 bridgehead atoms. The SMILES string of the molecule is CC(=O)NCC1C(NC(C)=O)C(=O)N1S(=O)(=O)O.c1cc2cc-2c1. The summed E-state index contributed by atoms with van der Waals surface area (Å²) < 4.78 is 31.0. The van der Waals surface area contributed by atoms with E-state index in [4.69, 9.17) is 4.55 Å². The summed E-state index contributed by atoms with van der Waals surface area (Å²) in [4.78, 5) is 33.1. The van der Waals surface area contributed by atoms with Gasteiger partial charge in [-0.3, -0.25) is 18.9 Å². The molecule has 3 rings (SSSR count). The molecule has 1 heterocycles. The molecule has 3 aliphatic rings. The summed E-state index contributed by atoms with van der Waals surface area (Å²) >= 11 is 0. The number of hydrogen-bond donors (Lipinski definition) is 3. The van der Waals surface area contributed by atoms with Crippen molar-refractivity contribution < 1.29 is 27.4 Å². The van der Waals surface area contributed by atoms with Crippen molar-refractivity contribution in [1.82, 2.24) is 14.9 Å². The van der Waals surface area contributed by atoms with Crippen molar-refractivity contribution in [3.63, 3.8) is 0 Å². The largest absolute Gasteiger partial charge is 0.362 e. The zero-order chi connectivity index (χ0) is 18.1. The van der Waals surface area contributed by atoms with Gasteiger partial charge in [0.1, 0.15) is 6.04 Å². The quantitative estimate of drug-likeness (QED) is 0.491. The molecule has 1 saturated heterocycles. The standard InChI is InChI=1S/C8H13N3O6S.C6H4/c1-4(12)9-3-6-7(10-5(2)13)8(14)11(6)18(15,16)17;1-2-5-4-6(5)3-1/h6-7H,3H2,1-2H3,(H,9,12)(H,10,13)(H,15,16,17);1-4H. The van der Waals surface area contributed by atoms with Crippen LogP contribution in [0.4, 0.5) is 0 Å². The van der Waals surface area contributed by atoms with E-state index in [1.165, 1.54) is 25.0 Å². The highest BCUT2D eigenvalue weighted by molar-refractivity contribution is 7.84. The Morgan fingerprint density at radius 3 is 2.12 bits per heavy atom. The molecule has 10 heteroatoms. The second-order valence-corrected chi connectivity index (χ2v) is 6.66. The number of benzene rings is 1. The molecule has 0 spiro atoms. The Labute approximate surface area is 138 Å². The molecule has 0 aromatic rings. The number of β-lactam (4-membered cyclic amide) rings is 1. The van der Waals surface area contributed by atoms with Gasteiger partial charge in [0.2, 0.25) is 11.8 Å².